The lowest BCUT2D eigenvalue weighted by molar-refractivity contribution is 0.0844. The third kappa shape index (κ3) is 6.08. The number of carbonyl (C=O) groups excluding carboxylic acids is 2. The van der Waals surface area contributed by atoms with Gasteiger partial charge in [0.15, 0.2) is 0 Å². The predicted octanol–water partition coefficient (Wildman–Crippen LogP) is 5.09. The number of rotatable bonds is 15. The maximum absolute atomic E-state index is 12.8. The lowest BCUT2D eigenvalue weighted by Gasteiger charge is -2.22. The molecule has 6 nitrogen and oxygen atoms in total. The first-order chi connectivity index (χ1) is 15.7. The molecule has 0 spiro atoms. The summed E-state index contributed by atoms with van der Waals surface area (Å²) in [5, 5.41) is 7.69. The molecule has 0 saturated heterocycles. The Morgan fingerprint density at radius 3 is 2.28 bits per heavy atom. The number of benzene rings is 2. The average Bonchev–Trinajstić information content (AvgIpc) is 2.79. The molecular weight excluding hydrogens is 404 g/mol. The zero-order valence-electron chi connectivity index (χ0n) is 19.4. The average molecular weight is 441 g/mol. The van der Waals surface area contributed by atoms with Crippen molar-refractivity contribution in [2.24, 2.45) is 0 Å². The Bertz CT molecular complexity index is 926. The molecule has 1 heterocycles. The first-order valence-electron chi connectivity index (χ1n) is 12.0. The normalized spacial score (nSPS) is 12.9. The summed E-state index contributed by atoms with van der Waals surface area (Å²) < 4.78 is 11.4. The molecule has 0 fully saturated rings. The maximum atomic E-state index is 12.8. The molecule has 2 aromatic carbocycles. The molecular formula is C26H36N2O4. The van der Waals surface area contributed by atoms with Crippen LogP contribution in [-0.2, 0) is 15.9 Å². The number of hydrogen-bond acceptors (Lipinski definition) is 5. The van der Waals surface area contributed by atoms with E-state index in [2.05, 4.69) is 30.5 Å². The van der Waals surface area contributed by atoms with Gasteiger partial charge in [0.1, 0.15) is 0 Å². The Morgan fingerprint density at radius 1 is 0.875 bits per heavy atom. The van der Waals surface area contributed by atoms with Crippen molar-refractivity contribution >= 4 is 28.3 Å². The highest BCUT2D eigenvalue weighted by atomic mass is 16.5. The van der Waals surface area contributed by atoms with Crippen molar-refractivity contribution in [2.45, 2.75) is 58.8 Å². The SMILES string of the molecule is CCCCOCCCNc1cc(CCCOCCCC)c2c3c(cccc13)C(=O)NC2=O. The Kier molecular flexibility index (Phi) is 9.50. The summed E-state index contributed by atoms with van der Waals surface area (Å²) in [7, 11) is 0. The second kappa shape index (κ2) is 12.6. The van der Waals surface area contributed by atoms with E-state index in [1.54, 1.807) is 6.07 Å². The third-order valence-electron chi connectivity index (χ3n) is 5.74. The fourth-order valence-electron chi connectivity index (χ4n) is 4.01. The van der Waals surface area contributed by atoms with Crippen LogP contribution >= 0.6 is 0 Å². The molecule has 3 rings (SSSR count). The van der Waals surface area contributed by atoms with Crippen LogP contribution in [-0.4, -0.2) is 44.8 Å². The Balaban J connectivity index is 1.78. The molecule has 2 amide bonds. The van der Waals surface area contributed by atoms with Gasteiger partial charge in [-0.05, 0) is 49.8 Å². The summed E-state index contributed by atoms with van der Waals surface area (Å²) in [4.78, 5) is 25.2. The van der Waals surface area contributed by atoms with E-state index in [1.807, 2.05) is 12.1 Å². The fraction of sp³-hybridized carbons (Fsp3) is 0.538. The van der Waals surface area contributed by atoms with Crippen LogP contribution in [0.1, 0.15) is 78.7 Å². The van der Waals surface area contributed by atoms with Gasteiger partial charge in [-0.25, -0.2) is 0 Å². The first-order valence-corrected chi connectivity index (χ1v) is 12.0. The van der Waals surface area contributed by atoms with Gasteiger partial charge >= 0.3 is 0 Å². The molecule has 0 aliphatic carbocycles. The zero-order chi connectivity index (χ0) is 22.8. The quantitative estimate of drug-likeness (QED) is 0.298. The molecule has 0 saturated carbocycles. The van der Waals surface area contributed by atoms with E-state index in [-0.39, 0.29) is 11.8 Å². The van der Waals surface area contributed by atoms with Crippen molar-refractivity contribution in [3.63, 3.8) is 0 Å². The smallest absolute Gasteiger partial charge is 0.259 e. The molecule has 0 radical (unpaired) electrons. The van der Waals surface area contributed by atoms with Crippen LogP contribution in [0.2, 0.25) is 0 Å². The summed E-state index contributed by atoms with van der Waals surface area (Å²) in [6, 6.07) is 7.71. The number of carbonyl (C=O) groups is 2. The zero-order valence-corrected chi connectivity index (χ0v) is 19.4. The number of anilines is 1. The summed E-state index contributed by atoms with van der Waals surface area (Å²) >= 11 is 0. The van der Waals surface area contributed by atoms with E-state index in [1.165, 1.54) is 0 Å². The van der Waals surface area contributed by atoms with Crippen molar-refractivity contribution in [1.29, 1.82) is 0 Å². The van der Waals surface area contributed by atoms with E-state index in [9.17, 15) is 9.59 Å². The summed E-state index contributed by atoms with van der Waals surface area (Å²) in [6.45, 7) is 8.03. The standard InChI is InChI=1S/C26H36N2O4/c1-3-5-14-31-16-8-10-19-18-22(27-13-9-17-32-15-6-4-2)20-11-7-12-21-24(20)23(19)26(30)28-25(21)29/h7,11-12,18,27H,3-6,8-10,13-17H2,1-2H3,(H,28,29,30). The van der Waals surface area contributed by atoms with Crippen molar-refractivity contribution in [2.75, 3.05) is 38.3 Å². The van der Waals surface area contributed by atoms with Crippen LogP contribution in [0.15, 0.2) is 24.3 Å². The van der Waals surface area contributed by atoms with Crippen molar-refractivity contribution in [3.05, 3.63) is 41.0 Å². The lowest BCUT2D eigenvalue weighted by Crippen LogP contribution is -2.35. The molecule has 0 atom stereocenters. The van der Waals surface area contributed by atoms with Crippen molar-refractivity contribution in [3.8, 4) is 0 Å². The van der Waals surface area contributed by atoms with Crippen LogP contribution in [0.4, 0.5) is 5.69 Å². The first kappa shape index (κ1) is 24.2. The van der Waals surface area contributed by atoms with Crippen molar-refractivity contribution in [1.82, 2.24) is 5.32 Å². The van der Waals surface area contributed by atoms with Gasteiger partial charge in [0.2, 0.25) is 0 Å². The molecule has 6 heteroatoms. The Labute approximate surface area is 191 Å². The maximum Gasteiger partial charge on any atom is 0.259 e. The number of nitrogens with one attached hydrogen (secondary N) is 2. The lowest BCUT2D eigenvalue weighted by atomic mass is 9.89. The van der Waals surface area contributed by atoms with Gasteiger partial charge in [0.25, 0.3) is 11.8 Å². The molecule has 2 N–H and O–H groups in total. The second-order valence-corrected chi connectivity index (χ2v) is 8.29. The minimum Gasteiger partial charge on any atom is -0.384 e. The van der Waals surface area contributed by atoms with Crippen LogP contribution in [0.25, 0.3) is 10.8 Å². The van der Waals surface area contributed by atoms with Gasteiger partial charge in [0, 0.05) is 55.0 Å². The van der Waals surface area contributed by atoms with E-state index in [0.717, 1.165) is 93.3 Å². The van der Waals surface area contributed by atoms with Crippen LogP contribution in [0, 0.1) is 0 Å². The van der Waals surface area contributed by atoms with Crippen molar-refractivity contribution < 1.29 is 19.1 Å². The molecule has 32 heavy (non-hydrogen) atoms. The minimum atomic E-state index is -0.330. The highest BCUT2D eigenvalue weighted by molar-refractivity contribution is 6.27. The third-order valence-corrected chi connectivity index (χ3v) is 5.74. The van der Waals surface area contributed by atoms with E-state index in [4.69, 9.17) is 9.47 Å². The van der Waals surface area contributed by atoms with E-state index in [0.29, 0.717) is 17.7 Å². The molecule has 174 valence electrons. The molecule has 2 aromatic rings. The summed E-state index contributed by atoms with van der Waals surface area (Å²) in [6.07, 6.45) is 6.85. The molecule has 1 aliphatic heterocycles. The fourth-order valence-corrected chi connectivity index (χ4v) is 4.01. The molecule has 0 bridgehead atoms. The van der Waals surface area contributed by atoms with Crippen LogP contribution in [0.3, 0.4) is 0 Å². The number of amides is 2. The molecule has 1 aliphatic rings. The second-order valence-electron chi connectivity index (χ2n) is 8.29. The molecule has 0 aromatic heterocycles. The highest BCUT2D eigenvalue weighted by Gasteiger charge is 2.28. The van der Waals surface area contributed by atoms with E-state index >= 15 is 0 Å². The number of unbranched alkanes of at least 4 members (excludes halogenated alkanes) is 2. The molecule has 0 unspecified atom stereocenters. The predicted molar refractivity (Wildman–Crippen MR) is 129 cm³/mol. The van der Waals surface area contributed by atoms with Gasteiger partial charge in [0.05, 0.1) is 5.56 Å². The van der Waals surface area contributed by atoms with Crippen LogP contribution in [0.5, 0.6) is 0 Å². The van der Waals surface area contributed by atoms with Gasteiger partial charge < -0.3 is 14.8 Å². The summed E-state index contributed by atoms with van der Waals surface area (Å²) in [5.74, 6) is -0.639. The Hall–Kier alpha value is -2.44. The Morgan fingerprint density at radius 2 is 1.56 bits per heavy atom. The van der Waals surface area contributed by atoms with Gasteiger partial charge in [-0.2, -0.15) is 0 Å². The number of imide groups is 1. The highest BCUT2D eigenvalue weighted by Crippen LogP contribution is 2.35. The topological polar surface area (TPSA) is 76.7 Å². The minimum absolute atomic E-state index is 0.309. The van der Waals surface area contributed by atoms with Gasteiger partial charge in [-0.15, -0.1) is 0 Å². The largest absolute Gasteiger partial charge is 0.384 e. The van der Waals surface area contributed by atoms with Gasteiger partial charge in [-0.1, -0.05) is 38.8 Å². The van der Waals surface area contributed by atoms with Crippen LogP contribution < -0.4 is 10.6 Å². The van der Waals surface area contributed by atoms with E-state index < -0.39 is 0 Å². The number of hydrogen-bond donors (Lipinski definition) is 2. The number of ether oxygens (including phenoxy) is 2. The van der Waals surface area contributed by atoms with Gasteiger partial charge in [-0.3, -0.25) is 14.9 Å². The monoisotopic (exact) mass is 440 g/mol. The number of aryl methyl sites for hydroxylation is 1. The summed E-state index contributed by atoms with van der Waals surface area (Å²) in [5.41, 5.74) is 3.10.